The van der Waals surface area contributed by atoms with Crippen molar-refractivity contribution in [2.75, 3.05) is 26.2 Å². The molecule has 1 aliphatic heterocycles. The third kappa shape index (κ3) is 4.57. The molecular weight excluding hydrogens is 397 g/mol. The van der Waals surface area contributed by atoms with E-state index in [4.69, 9.17) is 23.2 Å². The predicted octanol–water partition coefficient (Wildman–Crippen LogP) is 3.80. The van der Waals surface area contributed by atoms with E-state index in [1.807, 2.05) is 0 Å². The van der Waals surface area contributed by atoms with Crippen LogP contribution in [0.4, 0.5) is 8.78 Å². The molecule has 142 valence electrons. The van der Waals surface area contributed by atoms with Crippen LogP contribution in [0, 0.1) is 11.6 Å². The number of amides is 2. The molecule has 1 heterocycles. The molecule has 0 aromatic heterocycles. The van der Waals surface area contributed by atoms with Gasteiger partial charge in [-0.3, -0.25) is 9.59 Å². The second-order valence-electron chi connectivity index (χ2n) is 6.21. The lowest BCUT2D eigenvalue weighted by Crippen LogP contribution is -2.51. The van der Waals surface area contributed by atoms with Gasteiger partial charge < -0.3 is 9.80 Å². The largest absolute Gasteiger partial charge is 0.339 e. The van der Waals surface area contributed by atoms with Crippen molar-refractivity contribution in [1.82, 2.24) is 9.80 Å². The molecule has 1 fully saturated rings. The van der Waals surface area contributed by atoms with Gasteiger partial charge in [0.25, 0.3) is 5.91 Å². The minimum Gasteiger partial charge on any atom is -0.339 e. The quantitative estimate of drug-likeness (QED) is 0.768. The van der Waals surface area contributed by atoms with Crippen LogP contribution >= 0.6 is 23.2 Å². The van der Waals surface area contributed by atoms with Crippen molar-refractivity contribution in [3.8, 4) is 0 Å². The number of benzene rings is 2. The highest BCUT2D eigenvalue weighted by Gasteiger charge is 2.25. The second-order valence-corrected chi connectivity index (χ2v) is 7.06. The molecular formula is C19H16Cl2F2N2O2. The molecule has 27 heavy (non-hydrogen) atoms. The van der Waals surface area contributed by atoms with Crippen LogP contribution in [-0.2, 0) is 11.2 Å². The summed E-state index contributed by atoms with van der Waals surface area (Å²) >= 11 is 12.0. The Morgan fingerprint density at radius 1 is 0.889 bits per heavy atom. The zero-order valence-corrected chi connectivity index (χ0v) is 15.7. The van der Waals surface area contributed by atoms with E-state index in [1.54, 1.807) is 23.1 Å². The molecule has 8 heteroatoms. The Labute approximate surface area is 165 Å². The summed E-state index contributed by atoms with van der Waals surface area (Å²) in [7, 11) is 0. The molecule has 0 spiro atoms. The average Bonchev–Trinajstić information content (AvgIpc) is 2.65. The van der Waals surface area contributed by atoms with Gasteiger partial charge in [-0.05, 0) is 35.9 Å². The zero-order chi connectivity index (χ0) is 19.6. The summed E-state index contributed by atoms with van der Waals surface area (Å²) in [4.78, 5) is 28.1. The van der Waals surface area contributed by atoms with E-state index in [0.717, 1.165) is 12.1 Å². The van der Waals surface area contributed by atoms with Crippen molar-refractivity contribution in [1.29, 1.82) is 0 Å². The minimum absolute atomic E-state index is 0.0848. The van der Waals surface area contributed by atoms with Crippen LogP contribution in [0.3, 0.4) is 0 Å². The molecule has 0 aliphatic carbocycles. The first kappa shape index (κ1) is 19.6. The van der Waals surface area contributed by atoms with Crippen LogP contribution in [0.1, 0.15) is 15.9 Å². The first-order valence-electron chi connectivity index (χ1n) is 8.31. The fourth-order valence-corrected chi connectivity index (χ4v) is 3.39. The van der Waals surface area contributed by atoms with Gasteiger partial charge in [0.15, 0.2) is 11.6 Å². The lowest BCUT2D eigenvalue weighted by molar-refractivity contribution is -0.131. The summed E-state index contributed by atoms with van der Waals surface area (Å²) < 4.78 is 26.3. The monoisotopic (exact) mass is 412 g/mol. The SMILES string of the molecule is O=C(Cc1ccc(Cl)cc1Cl)N1CCN(C(=O)c2ccc(F)c(F)c2)CC1. The van der Waals surface area contributed by atoms with E-state index in [0.29, 0.717) is 41.8 Å². The maximum Gasteiger partial charge on any atom is 0.254 e. The number of carbonyl (C=O) groups is 2. The second kappa shape index (κ2) is 8.23. The molecule has 0 radical (unpaired) electrons. The number of carbonyl (C=O) groups excluding carboxylic acids is 2. The van der Waals surface area contributed by atoms with E-state index in [1.165, 1.54) is 11.0 Å². The molecule has 3 rings (SSSR count). The van der Waals surface area contributed by atoms with Gasteiger partial charge in [-0.25, -0.2) is 8.78 Å². The van der Waals surface area contributed by atoms with Crippen molar-refractivity contribution in [3.63, 3.8) is 0 Å². The van der Waals surface area contributed by atoms with Crippen LogP contribution in [0.25, 0.3) is 0 Å². The maximum absolute atomic E-state index is 13.3. The maximum atomic E-state index is 13.3. The van der Waals surface area contributed by atoms with E-state index >= 15 is 0 Å². The summed E-state index contributed by atoms with van der Waals surface area (Å²) in [5, 5.41) is 0.934. The van der Waals surface area contributed by atoms with Crippen LogP contribution in [0.15, 0.2) is 36.4 Å². The molecule has 0 bridgehead atoms. The average molecular weight is 413 g/mol. The molecule has 4 nitrogen and oxygen atoms in total. The van der Waals surface area contributed by atoms with Crippen LogP contribution in [0.5, 0.6) is 0 Å². The van der Waals surface area contributed by atoms with Gasteiger partial charge in [0.05, 0.1) is 6.42 Å². The van der Waals surface area contributed by atoms with Gasteiger partial charge in [0.1, 0.15) is 0 Å². The summed E-state index contributed by atoms with van der Waals surface area (Å²) in [5.41, 5.74) is 0.771. The van der Waals surface area contributed by atoms with Crippen molar-refractivity contribution in [2.45, 2.75) is 6.42 Å². The van der Waals surface area contributed by atoms with Gasteiger partial charge in [-0.2, -0.15) is 0 Å². The van der Waals surface area contributed by atoms with Crippen molar-refractivity contribution in [2.24, 2.45) is 0 Å². The number of nitrogens with zero attached hydrogens (tertiary/aromatic N) is 2. The summed E-state index contributed by atoms with van der Waals surface area (Å²) in [6.45, 7) is 1.36. The van der Waals surface area contributed by atoms with Crippen LogP contribution < -0.4 is 0 Å². The molecule has 1 aliphatic rings. The Morgan fingerprint density at radius 3 is 2.19 bits per heavy atom. The fourth-order valence-electron chi connectivity index (χ4n) is 2.91. The highest BCUT2D eigenvalue weighted by molar-refractivity contribution is 6.35. The predicted molar refractivity (Wildman–Crippen MR) is 99.0 cm³/mol. The smallest absolute Gasteiger partial charge is 0.254 e. The van der Waals surface area contributed by atoms with Gasteiger partial charge in [-0.15, -0.1) is 0 Å². The van der Waals surface area contributed by atoms with Crippen LogP contribution in [0.2, 0.25) is 10.0 Å². The summed E-state index contributed by atoms with van der Waals surface area (Å²) in [5.74, 6) is -2.54. The standard InChI is InChI=1S/C19H16Cl2F2N2O2/c20-14-3-1-12(15(21)11-14)10-18(26)24-5-7-25(8-6-24)19(27)13-2-4-16(22)17(23)9-13/h1-4,9,11H,5-8,10H2. The lowest BCUT2D eigenvalue weighted by atomic mass is 10.1. The molecule has 0 atom stereocenters. The van der Waals surface area contributed by atoms with E-state index in [-0.39, 0.29) is 23.8 Å². The Bertz CT molecular complexity index is 884. The first-order chi connectivity index (χ1) is 12.8. The molecule has 0 N–H and O–H groups in total. The number of hydrogen-bond donors (Lipinski definition) is 0. The van der Waals surface area contributed by atoms with Gasteiger partial charge in [0.2, 0.25) is 5.91 Å². The third-order valence-electron chi connectivity index (χ3n) is 4.44. The molecule has 2 aromatic carbocycles. The van der Waals surface area contributed by atoms with E-state index in [2.05, 4.69) is 0 Å². The third-order valence-corrected chi connectivity index (χ3v) is 5.03. The number of rotatable bonds is 3. The number of halogens is 4. The highest BCUT2D eigenvalue weighted by atomic mass is 35.5. The molecule has 2 aromatic rings. The van der Waals surface area contributed by atoms with E-state index in [9.17, 15) is 18.4 Å². The molecule has 0 saturated carbocycles. The van der Waals surface area contributed by atoms with Crippen molar-refractivity contribution in [3.05, 3.63) is 69.2 Å². The molecule has 0 unspecified atom stereocenters. The Kier molecular flexibility index (Phi) is 5.97. The number of piperazine rings is 1. The van der Waals surface area contributed by atoms with Crippen molar-refractivity contribution < 1.29 is 18.4 Å². The number of hydrogen-bond acceptors (Lipinski definition) is 2. The zero-order valence-electron chi connectivity index (χ0n) is 14.2. The first-order valence-corrected chi connectivity index (χ1v) is 9.07. The molecule has 1 saturated heterocycles. The van der Waals surface area contributed by atoms with Gasteiger partial charge in [0, 0.05) is 41.8 Å². The Morgan fingerprint density at radius 2 is 1.56 bits per heavy atom. The topological polar surface area (TPSA) is 40.6 Å². The van der Waals surface area contributed by atoms with Gasteiger partial charge in [-0.1, -0.05) is 29.3 Å². The Balaban J connectivity index is 1.58. The fraction of sp³-hybridized carbons (Fsp3) is 0.263. The summed E-state index contributed by atoms with van der Waals surface area (Å²) in [6.07, 6.45) is 0.146. The summed E-state index contributed by atoms with van der Waals surface area (Å²) in [6, 6.07) is 8.04. The van der Waals surface area contributed by atoms with E-state index < -0.39 is 11.6 Å². The van der Waals surface area contributed by atoms with Gasteiger partial charge >= 0.3 is 0 Å². The van der Waals surface area contributed by atoms with Crippen molar-refractivity contribution >= 4 is 35.0 Å². The highest BCUT2D eigenvalue weighted by Crippen LogP contribution is 2.22. The normalized spacial score (nSPS) is 14.4. The van der Waals surface area contributed by atoms with Crippen LogP contribution in [-0.4, -0.2) is 47.8 Å². The minimum atomic E-state index is -1.06. The Hall–Kier alpha value is -2.18. The lowest BCUT2D eigenvalue weighted by Gasteiger charge is -2.35. The molecule has 2 amide bonds.